The third kappa shape index (κ3) is 4.84. The van der Waals surface area contributed by atoms with Crippen molar-refractivity contribution >= 4 is 17.5 Å². The molecule has 1 saturated carbocycles. The van der Waals surface area contributed by atoms with Crippen LogP contribution in [0.2, 0.25) is 0 Å². The van der Waals surface area contributed by atoms with E-state index in [9.17, 15) is 22.8 Å². The lowest BCUT2D eigenvalue weighted by molar-refractivity contribution is -0.137. The zero-order chi connectivity index (χ0) is 19.4. The van der Waals surface area contributed by atoms with Crippen LogP contribution in [-0.2, 0) is 6.18 Å². The predicted octanol–water partition coefficient (Wildman–Crippen LogP) is 4.03. The van der Waals surface area contributed by atoms with E-state index in [1.54, 1.807) is 0 Å². The Morgan fingerprint density at radius 1 is 1.00 bits per heavy atom. The van der Waals surface area contributed by atoms with Gasteiger partial charge in [0.05, 0.1) is 16.7 Å². The van der Waals surface area contributed by atoms with Crippen molar-refractivity contribution in [2.24, 2.45) is 0 Å². The molecule has 2 amide bonds. The standard InChI is InChI=1S/C19H18F3N3O2/c20-19(21,22)14-4-3-7-16(9-14)25-18(27)13-8-12(10-23-11-13)17(26)24-15-5-1-2-6-15/h3-4,7-11,15H,1-2,5-6H2,(H,24,26)(H,25,27). The number of nitrogens with one attached hydrogen (secondary N) is 2. The number of alkyl halides is 3. The number of carbonyl (C=O) groups excluding carboxylic acids is 2. The quantitative estimate of drug-likeness (QED) is 0.845. The highest BCUT2D eigenvalue weighted by Crippen LogP contribution is 2.30. The van der Waals surface area contributed by atoms with Gasteiger partial charge in [0.25, 0.3) is 11.8 Å². The average Bonchev–Trinajstić information content (AvgIpc) is 3.14. The van der Waals surface area contributed by atoms with E-state index in [-0.39, 0.29) is 28.8 Å². The fourth-order valence-corrected chi connectivity index (χ4v) is 3.00. The van der Waals surface area contributed by atoms with Gasteiger partial charge in [0.15, 0.2) is 0 Å². The molecule has 1 heterocycles. The van der Waals surface area contributed by atoms with Crippen LogP contribution in [0.15, 0.2) is 42.7 Å². The Kier molecular flexibility index (Phi) is 5.43. The molecular weight excluding hydrogens is 359 g/mol. The third-order valence-corrected chi connectivity index (χ3v) is 4.40. The van der Waals surface area contributed by atoms with Crippen LogP contribution in [0.4, 0.5) is 18.9 Å². The molecule has 0 unspecified atom stereocenters. The summed E-state index contributed by atoms with van der Waals surface area (Å²) < 4.78 is 38.3. The fraction of sp³-hybridized carbons (Fsp3) is 0.316. The van der Waals surface area contributed by atoms with Crippen molar-refractivity contribution in [2.45, 2.75) is 37.9 Å². The van der Waals surface area contributed by atoms with Crippen molar-refractivity contribution in [3.8, 4) is 0 Å². The summed E-state index contributed by atoms with van der Waals surface area (Å²) in [6, 6.07) is 5.84. The van der Waals surface area contributed by atoms with Crippen LogP contribution in [0.1, 0.15) is 52.0 Å². The van der Waals surface area contributed by atoms with E-state index in [0.29, 0.717) is 0 Å². The molecule has 27 heavy (non-hydrogen) atoms. The molecule has 8 heteroatoms. The monoisotopic (exact) mass is 377 g/mol. The normalized spacial score (nSPS) is 14.8. The molecular formula is C19H18F3N3O2. The zero-order valence-corrected chi connectivity index (χ0v) is 14.3. The lowest BCUT2D eigenvalue weighted by atomic mass is 10.1. The van der Waals surface area contributed by atoms with Crippen LogP contribution in [0.25, 0.3) is 0 Å². The van der Waals surface area contributed by atoms with Crippen LogP contribution < -0.4 is 10.6 Å². The van der Waals surface area contributed by atoms with Crippen molar-refractivity contribution < 1.29 is 22.8 Å². The number of amides is 2. The molecule has 2 N–H and O–H groups in total. The number of hydrogen-bond donors (Lipinski definition) is 2. The Hall–Kier alpha value is -2.90. The second-order valence-corrected chi connectivity index (χ2v) is 6.45. The van der Waals surface area contributed by atoms with E-state index < -0.39 is 17.6 Å². The van der Waals surface area contributed by atoms with Crippen molar-refractivity contribution in [3.05, 3.63) is 59.4 Å². The predicted molar refractivity (Wildman–Crippen MR) is 93.4 cm³/mol. The lowest BCUT2D eigenvalue weighted by Gasteiger charge is -2.12. The maximum atomic E-state index is 12.8. The number of carbonyl (C=O) groups is 2. The summed E-state index contributed by atoms with van der Waals surface area (Å²) in [5.74, 6) is -0.958. The fourth-order valence-electron chi connectivity index (χ4n) is 3.00. The van der Waals surface area contributed by atoms with Gasteiger partial charge < -0.3 is 10.6 Å². The Labute approximate surface area is 154 Å². The van der Waals surface area contributed by atoms with Crippen molar-refractivity contribution in [1.82, 2.24) is 10.3 Å². The molecule has 1 fully saturated rings. The number of pyridine rings is 1. The Morgan fingerprint density at radius 3 is 2.33 bits per heavy atom. The summed E-state index contributed by atoms with van der Waals surface area (Å²) in [5, 5.41) is 5.30. The minimum atomic E-state index is -4.50. The van der Waals surface area contributed by atoms with Gasteiger partial charge in [-0.25, -0.2) is 0 Å². The first kappa shape index (κ1) is 18.9. The van der Waals surface area contributed by atoms with Gasteiger partial charge in [0, 0.05) is 24.1 Å². The van der Waals surface area contributed by atoms with E-state index in [1.165, 1.54) is 30.6 Å². The molecule has 5 nitrogen and oxygen atoms in total. The topological polar surface area (TPSA) is 71.1 Å². The van der Waals surface area contributed by atoms with Crippen LogP contribution in [0.5, 0.6) is 0 Å². The number of anilines is 1. The van der Waals surface area contributed by atoms with Gasteiger partial charge in [0.1, 0.15) is 0 Å². The van der Waals surface area contributed by atoms with Crippen LogP contribution in [0.3, 0.4) is 0 Å². The van der Waals surface area contributed by atoms with E-state index in [1.807, 2.05) is 0 Å². The molecule has 1 aromatic heterocycles. The maximum absolute atomic E-state index is 12.8. The lowest BCUT2D eigenvalue weighted by Crippen LogP contribution is -2.32. The molecule has 1 aromatic carbocycles. The summed E-state index contributed by atoms with van der Waals surface area (Å²) >= 11 is 0. The molecule has 2 aromatic rings. The number of halogens is 3. The first-order valence-corrected chi connectivity index (χ1v) is 8.57. The number of aromatic nitrogens is 1. The molecule has 3 rings (SSSR count). The summed E-state index contributed by atoms with van der Waals surface area (Å²) in [6.07, 6.45) is 2.11. The number of nitrogens with zero attached hydrogens (tertiary/aromatic N) is 1. The molecule has 0 aliphatic heterocycles. The molecule has 0 bridgehead atoms. The molecule has 0 saturated heterocycles. The van der Waals surface area contributed by atoms with Crippen LogP contribution >= 0.6 is 0 Å². The molecule has 1 aliphatic carbocycles. The smallest absolute Gasteiger partial charge is 0.349 e. The molecule has 0 spiro atoms. The SMILES string of the molecule is O=C(Nc1cccc(C(F)(F)F)c1)c1cncc(C(=O)NC2CCCC2)c1. The van der Waals surface area contributed by atoms with Crippen LogP contribution in [0, 0.1) is 0 Å². The number of hydrogen-bond acceptors (Lipinski definition) is 3. The highest BCUT2D eigenvalue weighted by atomic mass is 19.4. The molecule has 0 radical (unpaired) electrons. The van der Waals surface area contributed by atoms with Gasteiger partial charge in [-0.15, -0.1) is 0 Å². The zero-order valence-electron chi connectivity index (χ0n) is 14.3. The highest BCUT2D eigenvalue weighted by molar-refractivity contribution is 6.05. The summed E-state index contributed by atoms with van der Waals surface area (Å²) in [5.41, 5.74) is -0.524. The van der Waals surface area contributed by atoms with E-state index in [0.717, 1.165) is 37.8 Å². The van der Waals surface area contributed by atoms with Crippen LogP contribution in [-0.4, -0.2) is 22.8 Å². The van der Waals surface area contributed by atoms with Crippen molar-refractivity contribution in [2.75, 3.05) is 5.32 Å². The first-order valence-electron chi connectivity index (χ1n) is 8.57. The molecule has 0 atom stereocenters. The molecule has 142 valence electrons. The van der Waals surface area contributed by atoms with Gasteiger partial charge >= 0.3 is 6.18 Å². The Balaban J connectivity index is 1.71. The summed E-state index contributed by atoms with van der Waals surface area (Å²) in [6.45, 7) is 0. The van der Waals surface area contributed by atoms with Crippen molar-refractivity contribution in [3.63, 3.8) is 0 Å². The van der Waals surface area contributed by atoms with Gasteiger partial charge in [-0.3, -0.25) is 14.6 Å². The second-order valence-electron chi connectivity index (χ2n) is 6.45. The maximum Gasteiger partial charge on any atom is 0.416 e. The second kappa shape index (κ2) is 7.77. The Morgan fingerprint density at radius 2 is 1.67 bits per heavy atom. The first-order chi connectivity index (χ1) is 12.8. The van der Waals surface area contributed by atoms with E-state index >= 15 is 0 Å². The van der Waals surface area contributed by atoms with E-state index in [4.69, 9.17) is 0 Å². The Bertz CT molecular complexity index is 846. The van der Waals surface area contributed by atoms with Gasteiger partial charge in [0.2, 0.25) is 0 Å². The highest BCUT2D eigenvalue weighted by Gasteiger charge is 2.30. The summed E-state index contributed by atoms with van der Waals surface area (Å²) in [7, 11) is 0. The minimum Gasteiger partial charge on any atom is -0.349 e. The van der Waals surface area contributed by atoms with Gasteiger partial charge in [-0.1, -0.05) is 18.9 Å². The molecule has 1 aliphatic rings. The van der Waals surface area contributed by atoms with Gasteiger partial charge in [-0.2, -0.15) is 13.2 Å². The summed E-state index contributed by atoms with van der Waals surface area (Å²) in [4.78, 5) is 28.5. The number of rotatable bonds is 4. The largest absolute Gasteiger partial charge is 0.416 e. The average molecular weight is 377 g/mol. The van der Waals surface area contributed by atoms with E-state index in [2.05, 4.69) is 15.6 Å². The third-order valence-electron chi connectivity index (χ3n) is 4.40. The minimum absolute atomic E-state index is 0.00985. The number of benzene rings is 1. The van der Waals surface area contributed by atoms with Crippen molar-refractivity contribution in [1.29, 1.82) is 0 Å². The van der Waals surface area contributed by atoms with Gasteiger partial charge in [-0.05, 0) is 37.1 Å².